The fourth-order valence-electron chi connectivity index (χ4n) is 1.39. The third-order valence-corrected chi connectivity index (χ3v) is 2.84. The van der Waals surface area contributed by atoms with E-state index < -0.39 is 0 Å². The van der Waals surface area contributed by atoms with Crippen molar-refractivity contribution in [1.29, 1.82) is 0 Å². The van der Waals surface area contributed by atoms with Crippen molar-refractivity contribution in [2.45, 2.75) is 38.9 Å². The number of carbonyl (C=O) groups excluding carboxylic acids is 1. The molecule has 1 aliphatic rings. The molecule has 0 aromatic rings. The average Bonchev–Trinajstić information content (AvgIpc) is 2.76. The molecule has 0 bridgehead atoms. The molecule has 1 heterocycles. The summed E-state index contributed by atoms with van der Waals surface area (Å²) in [6.45, 7) is 6.14. The van der Waals surface area contributed by atoms with Gasteiger partial charge in [-0.15, -0.1) is 0 Å². The quantitative estimate of drug-likeness (QED) is 0.476. The normalized spacial score (nSPS) is 35.8. The Morgan fingerprint density at radius 3 is 2.75 bits per heavy atom. The molecule has 1 aliphatic heterocycles. The predicted molar refractivity (Wildman–Crippen MR) is 44.7 cm³/mol. The van der Waals surface area contributed by atoms with Gasteiger partial charge in [-0.25, -0.2) is 4.79 Å². The molecule has 1 saturated heterocycles. The first kappa shape index (κ1) is 9.52. The van der Waals surface area contributed by atoms with Crippen LogP contribution in [-0.4, -0.2) is 24.8 Å². The summed E-state index contributed by atoms with van der Waals surface area (Å²) in [6, 6.07) is 0. The van der Waals surface area contributed by atoms with Crippen molar-refractivity contribution in [3.05, 3.63) is 0 Å². The minimum absolute atomic E-state index is 0.252. The first-order valence-corrected chi connectivity index (χ1v) is 4.32. The van der Waals surface area contributed by atoms with Crippen LogP contribution < -0.4 is 0 Å². The molecule has 0 aromatic heterocycles. The van der Waals surface area contributed by atoms with Crippen molar-refractivity contribution in [2.24, 2.45) is 5.92 Å². The molecule has 70 valence electrons. The minimum Gasteiger partial charge on any atom is -0.467 e. The van der Waals surface area contributed by atoms with Gasteiger partial charge in [-0.1, -0.05) is 20.3 Å². The number of rotatable bonds is 3. The number of methoxy groups -OCH3 is 1. The zero-order valence-electron chi connectivity index (χ0n) is 8.09. The van der Waals surface area contributed by atoms with Crippen LogP contribution in [0.3, 0.4) is 0 Å². The van der Waals surface area contributed by atoms with E-state index in [0.717, 1.165) is 6.42 Å². The molecule has 3 heteroatoms. The van der Waals surface area contributed by atoms with Crippen molar-refractivity contribution < 1.29 is 14.3 Å². The van der Waals surface area contributed by atoms with Crippen molar-refractivity contribution in [1.82, 2.24) is 0 Å². The fraction of sp³-hybridized carbons (Fsp3) is 0.889. The molecule has 3 atom stereocenters. The second-order valence-corrected chi connectivity index (χ2v) is 3.51. The molecule has 0 unspecified atom stereocenters. The van der Waals surface area contributed by atoms with Crippen LogP contribution in [0.5, 0.6) is 0 Å². The predicted octanol–water partition coefficient (Wildman–Crippen LogP) is 1.36. The number of epoxide rings is 1. The lowest BCUT2D eigenvalue weighted by Gasteiger charge is -2.12. The molecule has 0 radical (unpaired) electrons. The van der Waals surface area contributed by atoms with E-state index >= 15 is 0 Å². The van der Waals surface area contributed by atoms with Crippen LogP contribution in [-0.2, 0) is 14.3 Å². The van der Waals surface area contributed by atoms with Crippen LogP contribution >= 0.6 is 0 Å². The highest BCUT2D eigenvalue weighted by molar-refractivity contribution is 5.79. The van der Waals surface area contributed by atoms with E-state index in [1.54, 1.807) is 0 Å². The standard InChI is InChI=1S/C9H16O3/c1-5-6(2)9(3)7(12-9)8(10)11-4/h6-7H,5H2,1-4H3/t6-,7-,9+/m0/s1. The summed E-state index contributed by atoms with van der Waals surface area (Å²) in [5.74, 6) is 0.152. The Morgan fingerprint density at radius 1 is 1.75 bits per heavy atom. The van der Waals surface area contributed by atoms with Gasteiger partial charge in [-0.3, -0.25) is 0 Å². The Morgan fingerprint density at radius 2 is 2.33 bits per heavy atom. The van der Waals surface area contributed by atoms with Gasteiger partial charge in [0.1, 0.15) is 5.60 Å². The van der Waals surface area contributed by atoms with E-state index in [-0.39, 0.29) is 17.7 Å². The smallest absolute Gasteiger partial charge is 0.338 e. The Balaban J connectivity index is 2.53. The molecule has 0 N–H and O–H groups in total. The van der Waals surface area contributed by atoms with Crippen LogP contribution in [0.2, 0.25) is 0 Å². The van der Waals surface area contributed by atoms with Gasteiger partial charge in [0.2, 0.25) is 0 Å². The van der Waals surface area contributed by atoms with Crippen molar-refractivity contribution >= 4 is 5.97 Å². The number of hydrogen-bond donors (Lipinski definition) is 0. The Bertz CT molecular complexity index is 190. The average molecular weight is 172 g/mol. The molecule has 1 fully saturated rings. The second-order valence-electron chi connectivity index (χ2n) is 3.51. The van der Waals surface area contributed by atoms with Crippen LogP contribution in [0.4, 0.5) is 0 Å². The van der Waals surface area contributed by atoms with Gasteiger partial charge in [-0.05, 0) is 12.8 Å². The fourth-order valence-corrected chi connectivity index (χ4v) is 1.39. The SMILES string of the molecule is CC[C@H](C)[C@@]1(C)O[C@H]1C(=O)OC. The summed E-state index contributed by atoms with van der Waals surface area (Å²) >= 11 is 0. The van der Waals surface area contributed by atoms with E-state index in [4.69, 9.17) is 4.74 Å². The third kappa shape index (κ3) is 1.33. The van der Waals surface area contributed by atoms with Crippen molar-refractivity contribution in [2.75, 3.05) is 7.11 Å². The third-order valence-electron chi connectivity index (χ3n) is 2.84. The molecule has 3 nitrogen and oxygen atoms in total. The minimum atomic E-state index is -0.336. The molecular formula is C9H16O3. The number of ether oxygens (including phenoxy) is 2. The molecular weight excluding hydrogens is 156 g/mol. The summed E-state index contributed by atoms with van der Waals surface area (Å²) in [5.41, 5.74) is -0.276. The number of esters is 1. The summed E-state index contributed by atoms with van der Waals surface area (Å²) in [4.78, 5) is 11.1. The second kappa shape index (κ2) is 3.05. The van der Waals surface area contributed by atoms with Crippen LogP contribution in [0.15, 0.2) is 0 Å². The van der Waals surface area contributed by atoms with Gasteiger partial charge in [-0.2, -0.15) is 0 Å². The number of hydrogen-bond acceptors (Lipinski definition) is 3. The van der Waals surface area contributed by atoms with Crippen molar-refractivity contribution in [3.63, 3.8) is 0 Å². The van der Waals surface area contributed by atoms with Gasteiger partial charge >= 0.3 is 5.97 Å². The van der Waals surface area contributed by atoms with E-state index in [1.165, 1.54) is 7.11 Å². The highest BCUT2D eigenvalue weighted by Crippen LogP contribution is 2.44. The lowest BCUT2D eigenvalue weighted by Crippen LogP contribution is -2.25. The Hall–Kier alpha value is -0.570. The van der Waals surface area contributed by atoms with Crippen LogP contribution in [0.1, 0.15) is 27.2 Å². The van der Waals surface area contributed by atoms with Gasteiger partial charge in [0.05, 0.1) is 7.11 Å². The molecule has 1 rings (SSSR count). The largest absolute Gasteiger partial charge is 0.467 e. The lowest BCUT2D eigenvalue weighted by molar-refractivity contribution is -0.142. The molecule has 12 heavy (non-hydrogen) atoms. The van der Waals surface area contributed by atoms with E-state index in [1.807, 2.05) is 6.92 Å². The first-order valence-electron chi connectivity index (χ1n) is 4.32. The van der Waals surface area contributed by atoms with Gasteiger partial charge in [0, 0.05) is 0 Å². The van der Waals surface area contributed by atoms with Crippen LogP contribution in [0, 0.1) is 5.92 Å². The first-order chi connectivity index (χ1) is 5.56. The lowest BCUT2D eigenvalue weighted by atomic mass is 9.90. The highest BCUT2D eigenvalue weighted by Gasteiger charge is 2.60. The molecule has 0 aromatic carbocycles. The topological polar surface area (TPSA) is 38.8 Å². The van der Waals surface area contributed by atoms with Gasteiger partial charge in [0.15, 0.2) is 6.10 Å². The Kier molecular flexibility index (Phi) is 2.42. The van der Waals surface area contributed by atoms with E-state index in [2.05, 4.69) is 18.6 Å². The van der Waals surface area contributed by atoms with Gasteiger partial charge in [0.25, 0.3) is 0 Å². The maximum Gasteiger partial charge on any atom is 0.338 e. The number of carbonyl (C=O) groups is 1. The van der Waals surface area contributed by atoms with Gasteiger partial charge < -0.3 is 9.47 Å². The van der Waals surface area contributed by atoms with Crippen molar-refractivity contribution in [3.8, 4) is 0 Å². The maximum absolute atomic E-state index is 11.1. The summed E-state index contributed by atoms with van der Waals surface area (Å²) in [5, 5.41) is 0. The Labute approximate surface area is 73.0 Å². The zero-order chi connectivity index (χ0) is 9.35. The molecule has 0 aliphatic carbocycles. The molecule has 0 saturated carbocycles. The van der Waals surface area contributed by atoms with E-state index in [0.29, 0.717) is 5.92 Å². The molecule has 0 amide bonds. The summed E-state index contributed by atoms with van der Waals surface area (Å²) in [7, 11) is 1.39. The molecule has 0 spiro atoms. The summed E-state index contributed by atoms with van der Waals surface area (Å²) < 4.78 is 9.94. The monoisotopic (exact) mass is 172 g/mol. The summed E-state index contributed by atoms with van der Waals surface area (Å²) in [6.07, 6.45) is 0.682. The van der Waals surface area contributed by atoms with Crippen LogP contribution in [0.25, 0.3) is 0 Å². The van der Waals surface area contributed by atoms with E-state index in [9.17, 15) is 4.79 Å². The zero-order valence-corrected chi connectivity index (χ0v) is 8.09. The maximum atomic E-state index is 11.1. The highest BCUT2D eigenvalue weighted by atomic mass is 16.7.